The van der Waals surface area contributed by atoms with Crippen LogP contribution in [0.15, 0.2) is 28.7 Å². The topological polar surface area (TPSA) is 83.3 Å². The molecule has 0 bridgehead atoms. The van der Waals surface area contributed by atoms with Crippen molar-refractivity contribution in [2.75, 3.05) is 13.1 Å². The summed E-state index contributed by atoms with van der Waals surface area (Å²) in [6, 6.07) is 7.97. The molecule has 1 saturated carbocycles. The van der Waals surface area contributed by atoms with Crippen LogP contribution in [-0.4, -0.2) is 46.3 Å². The van der Waals surface area contributed by atoms with Gasteiger partial charge in [-0.05, 0) is 50.8 Å². The Morgan fingerprint density at radius 3 is 2.50 bits per heavy atom. The highest BCUT2D eigenvalue weighted by Crippen LogP contribution is 2.27. The molecule has 8 heteroatoms. The van der Waals surface area contributed by atoms with Crippen LogP contribution in [0.5, 0.6) is 0 Å². The number of urea groups is 1. The van der Waals surface area contributed by atoms with Crippen molar-refractivity contribution in [2.45, 2.75) is 70.0 Å². The van der Waals surface area contributed by atoms with Crippen LogP contribution in [0.4, 0.5) is 4.79 Å². The standard InChI is InChI=1S/C22H30ClN5O2/c1-15(20-26-27-21(30-20)16-6-5-7-17(23)14-16)28-12-10-19(11-13-28)25-22(29)24-18-8-3-2-4-9-18/h5-7,14-15,18-19H,2-4,8-13H2,1H3,(H2,24,25,29). The van der Waals surface area contributed by atoms with Gasteiger partial charge in [-0.3, -0.25) is 4.90 Å². The van der Waals surface area contributed by atoms with Gasteiger partial charge in [0, 0.05) is 35.8 Å². The van der Waals surface area contributed by atoms with E-state index in [1.54, 1.807) is 0 Å². The number of carbonyl (C=O) groups excluding carboxylic acids is 1. The highest BCUT2D eigenvalue weighted by molar-refractivity contribution is 6.30. The molecule has 2 amide bonds. The highest BCUT2D eigenvalue weighted by atomic mass is 35.5. The third-order valence-electron chi connectivity index (χ3n) is 6.22. The van der Waals surface area contributed by atoms with Crippen LogP contribution >= 0.6 is 11.6 Å². The lowest BCUT2D eigenvalue weighted by Crippen LogP contribution is -2.50. The maximum absolute atomic E-state index is 12.3. The van der Waals surface area contributed by atoms with E-state index < -0.39 is 0 Å². The molecule has 1 aromatic carbocycles. The Morgan fingerprint density at radius 1 is 1.10 bits per heavy atom. The monoisotopic (exact) mass is 431 g/mol. The molecule has 1 aliphatic carbocycles. The third kappa shape index (κ3) is 5.32. The van der Waals surface area contributed by atoms with Gasteiger partial charge in [-0.2, -0.15) is 0 Å². The lowest BCUT2D eigenvalue weighted by Gasteiger charge is -2.35. The van der Waals surface area contributed by atoms with Crippen LogP contribution in [0, 0.1) is 0 Å². The van der Waals surface area contributed by atoms with Gasteiger partial charge < -0.3 is 15.1 Å². The Bertz CT molecular complexity index is 844. The Balaban J connectivity index is 1.26. The van der Waals surface area contributed by atoms with Crippen LogP contribution in [0.2, 0.25) is 5.02 Å². The number of nitrogens with one attached hydrogen (secondary N) is 2. The molecule has 162 valence electrons. The van der Waals surface area contributed by atoms with Crippen molar-refractivity contribution in [3.05, 3.63) is 35.2 Å². The lowest BCUT2D eigenvalue weighted by atomic mass is 9.96. The van der Waals surface area contributed by atoms with Crippen molar-refractivity contribution >= 4 is 17.6 Å². The second-order valence-electron chi connectivity index (χ2n) is 8.39. The minimum Gasteiger partial charge on any atom is -0.419 e. The predicted molar refractivity (Wildman–Crippen MR) is 116 cm³/mol. The second kappa shape index (κ2) is 9.79. The first-order valence-corrected chi connectivity index (χ1v) is 11.4. The Kier molecular flexibility index (Phi) is 6.89. The molecule has 2 N–H and O–H groups in total. The molecule has 0 radical (unpaired) electrons. The molecule has 4 rings (SSSR count). The normalized spacial score (nSPS) is 20.1. The van der Waals surface area contributed by atoms with E-state index in [9.17, 15) is 4.79 Å². The Labute approximate surface area is 182 Å². The SMILES string of the molecule is CC(c1nnc(-c2cccc(Cl)c2)o1)N1CCC(NC(=O)NC2CCCCC2)CC1. The van der Waals surface area contributed by atoms with E-state index in [0.717, 1.165) is 44.3 Å². The van der Waals surface area contributed by atoms with Gasteiger partial charge in [-0.25, -0.2) is 4.79 Å². The number of rotatable bonds is 5. The van der Waals surface area contributed by atoms with Gasteiger partial charge in [-0.1, -0.05) is 36.9 Å². The number of benzene rings is 1. The number of nitrogens with zero attached hydrogens (tertiary/aromatic N) is 3. The van der Waals surface area contributed by atoms with E-state index in [2.05, 4.69) is 32.7 Å². The summed E-state index contributed by atoms with van der Waals surface area (Å²) in [5, 5.41) is 15.4. The van der Waals surface area contributed by atoms with Gasteiger partial charge in [0.05, 0.1) is 6.04 Å². The van der Waals surface area contributed by atoms with Crippen molar-refractivity contribution in [2.24, 2.45) is 0 Å². The number of halogens is 1. The van der Waals surface area contributed by atoms with Crippen LogP contribution < -0.4 is 10.6 Å². The molecule has 2 aliphatic rings. The maximum Gasteiger partial charge on any atom is 0.315 e. The minimum absolute atomic E-state index is 0.0172. The number of likely N-dealkylation sites (tertiary alicyclic amines) is 1. The zero-order chi connectivity index (χ0) is 20.9. The van der Waals surface area contributed by atoms with E-state index in [0.29, 0.717) is 22.8 Å². The van der Waals surface area contributed by atoms with Crippen molar-refractivity contribution in [1.82, 2.24) is 25.7 Å². The molecule has 1 aromatic heterocycles. The highest BCUT2D eigenvalue weighted by Gasteiger charge is 2.28. The van der Waals surface area contributed by atoms with Gasteiger partial charge in [0.15, 0.2) is 0 Å². The molecule has 1 aliphatic heterocycles. The molecule has 0 spiro atoms. The maximum atomic E-state index is 12.3. The van der Waals surface area contributed by atoms with Gasteiger partial charge >= 0.3 is 6.03 Å². The molecular formula is C22H30ClN5O2. The number of aromatic nitrogens is 2. The number of piperidine rings is 1. The molecule has 1 atom stereocenters. The summed E-state index contributed by atoms with van der Waals surface area (Å²) in [5.74, 6) is 1.08. The van der Waals surface area contributed by atoms with Gasteiger partial charge in [0.1, 0.15) is 0 Å². The summed E-state index contributed by atoms with van der Waals surface area (Å²) in [5.41, 5.74) is 0.820. The van der Waals surface area contributed by atoms with Crippen LogP contribution in [0.1, 0.15) is 63.8 Å². The van der Waals surface area contributed by atoms with Crippen molar-refractivity contribution in [1.29, 1.82) is 0 Å². The fraction of sp³-hybridized carbons (Fsp3) is 0.591. The zero-order valence-corrected chi connectivity index (χ0v) is 18.2. The first-order chi connectivity index (χ1) is 14.6. The molecule has 30 heavy (non-hydrogen) atoms. The molecule has 1 saturated heterocycles. The average molecular weight is 432 g/mol. The molecule has 2 heterocycles. The van der Waals surface area contributed by atoms with E-state index >= 15 is 0 Å². The molecule has 7 nitrogen and oxygen atoms in total. The van der Waals surface area contributed by atoms with Crippen LogP contribution in [0.25, 0.3) is 11.5 Å². The third-order valence-corrected chi connectivity index (χ3v) is 6.46. The summed E-state index contributed by atoms with van der Waals surface area (Å²) in [7, 11) is 0. The number of amides is 2. The fourth-order valence-electron chi connectivity index (χ4n) is 4.39. The van der Waals surface area contributed by atoms with Crippen LogP contribution in [0.3, 0.4) is 0 Å². The van der Waals surface area contributed by atoms with E-state index in [1.807, 2.05) is 24.3 Å². The van der Waals surface area contributed by atoms with Crippen molar-refractivity contribution in [3.8, 4) is 11.5 Å². The first kappa shape index (κ1) is 21.1. The molecule has 2 aromatic rings. The number of carbonyl (C=O) groups is 1. The lowest BCUT2D eigenvalue weighted by molar-refractivity contribution is 0.135. The molecule has 2 fully saturated rings. The zero-order valence-electron chi connectivity index (χ0n) is 17.4. The second-order valence-corrected chi connectivity index (χ2v) is 8.83. The summed E-state index contributed by atoms with van der Waals surface area (Å²) in [4.78, 5) is 14.6. The average Bonchev–Trinajstić information content (AvgIpc) is 3.25. The summed E-state index contributed by atoms with van der Waals surface area (Å²) >= 11 is 6.06. The summed E-state index contributed by atoms with van der Waals surface area (Å²) < 4.78 is 5.91. The largest absolute Gasteiger partial charge is 0.419 e. The number of hydrogen-bond donors (Lipinski definition) is 2. The van der Waals surface area contributed by atoms with Crippen molar-refractivity contribution < 1.29 is 9.21 Å². The smallest absolute Gasteiger partial charge is 0.315 e. The minimum atomic E-state index is -0.0172. The van der Waals surface area contributed by atoms with E-state index in [1.165, 1.54) is 19.3 Å². The van der Waals surface area contributed by atoms with Gasteiger partial charge in [0.25, 0.3) is 0 Å². The molecular weight excluding hydrogens is 402 g/mol. The number of hydrogen-bond acceptors (Lipinski definition) is 5. The van der Waals surface area contributed by atoms with Crippen molar-refractivity contribution in [3.63, 3.8) is 0 Å². The van der Waals surface area contributed by atoms with Crippen LogP contribution in [-0.2, 0) is 0 Å². The fourth-order valence-corrected chi connectivity index (χ4v) is 4.58. The summed E-state index contributed by atoms with van der Waals surface area (Å²) in [6.45, 7) is 3.84. The van der Waals surface area contributed by atoms with Gasteiger partial charge in [-0.15, -0.1) is 10.2 Å². The van der Waals surface area contributed by atoms with E-state index in [4.69, 9.17) is 16.0 Å². The predicted octanol–water partition coefficient (Wildman–Crippen LogP) is 4.55. The summed E-state index contributed by atoms with van der Waals surface area (Å²) in [6.07, 6.45) is 7.76. The van der Waals surface area contributed by atoms with E-state index in [-0.39, 0.29) is 18.1 Å². The molecule has 1 unspecified atom stereocenters. The Morgan fingerprint density at radius 2 is 1.80 bits per heavy atom. The Hall–Kier alpha value is -2.12. The van der Waals surface area contributed by atoms with Gasteiger partial charge in [0.2, 0.25) is 11.8 Å². The quantitative estimate of drug-likeness (QED) is 0.725. The first-order valence-electron chi connectivity index (χ1n) is 11.0.